The molecule has 1 aromatic rings. The third-order valence-electron chi connectivity index (χ3n) is 2.44. The molecule has 0 fully saturated rings. The van der Waals surface area contributed by atoms with Gasteiger partial charge in [-0.1, -0.05) is 13.3 Å². The standard InChI is InChI=1S/C10H20N4O3S/c1-4-5-8(7-17-3)13-18(15,16)9-6-14(2)12-10(9)11/h6,8,13H,4-5,7H2,1-3H3,(H2,11,12). The van der Waals surface area contributed by atoms with Crippen molar-refractivity contribution in [2.45, 2.75) is 30.7 Å². The third kappa shape index (κ3) is 3.69. The molecular formula is C10H20N4O3S. The van der Waals surface area contributed by atoms with E-state index in [1.54, 1.807) is 7.05 Å². The van der Waals surface area contributed by atoms with Gasteiger partial charge in [-0.05, 0) is 6.42 Å². The monoisotopic (exact) mass is 276 g/mol. The summed E-state index contributed by atoms with van der Waals surface area (Å²) in [7, 11) is -0.496. The minimum atomic E-state index is -3.65. The zero-order valence-electron chi connectivity index (χ0n) is 10.9. The number of hydrogen-bond donors (Lipinski definition) is 2. The number of aryl methyl sites for hydroxylation is 1. The lowest BCUT2D eigenvalue weighted by Crippen LogP contribution is -2.38. The van der Waals surface area contributed by atoms with Crippen LogP contribution in [0.4, 0.5) is 5.82 Å². The van der Waals surface area contributed by atoms with Crippen molar-refractivity contribution in [2.75, 3.05) is 19.5 Å². The van der Waals surface area contributed by atoms with Crippen molar-refractivity contribution in [1.29, 1.82) is 0 Å². The quantitative estimate of drug-likeness (QED) is 0.735. The molecule has 1 aromatic heterocycles. The summed E-state index contributed by atoms with van der Waals surface area (Å²) in [6, 6.07) is -0.260. The summed E-state index contributed by atoms with van der Waals surface area (Å²) in [6.45, 7) is 2.31. The summed E-state index contributed by atoms with van der Waals surface area (Å²) < 4.78 is 33.2. The molecule has 1 unspecified atom stereocenters. The number of nitrogen functional groups attached to an aromatic ring is 1. The van der Waals surface area contributed by atoms with Crippen LogP contribution in [0.15, 0.2) is 11.1 Å². The maximum absolute atomic E-state index is 12.1. The molecule has 1 atom stereocenters. The van der Waals surface area contributed by atoms with Gasteiger partial charge in [-0.3, -0.25) is 4.68 Å². The van der Waals surface area contributed by atoms with Crippen molar-refractivity contribution >= 4 is 15.8 Å². The van der Waals surface area contributed by atoms with Gasteiger partial charge in [-0.15, -0.1) is 0 Å². The normalized spacial score (nSPS) is 13.7. The van der Waals surface area contributed by atoms with Gasteiger partial charge in [0.15, 0.2) is 5.82 Å². The summed E-state index contributed by atoms with van der Waals surface area (Å²) in [5.74, 6) is -0.00216. The second-order valence-electron chi connectivity index (χ2n) is 4.11. The fourth-order valence-corrected chi connectivity index (χ4v) is 3.06. The Morgan fingerprint density at radius 2 is 2.28 bits per heavy atom. The van der Waals surface area contributed by atoms with Gasteiger partial charge in [0.05, 0.1) is 6.61 Å². The Kier molecular flexibility index (Phi) is 5.12. The van der Waals surface area contributed by atoms with Crippen molar-refractivity contribution in [1.82, 2.24) is 14.5 Å². The molecule has 0 aromatic carbocycles. The highest BCUT2D eigenvalue weighted by Gasteiger charge is 2.24. The van der Waals surface area contributed by atoms with Crippen molar-refractivity contribution < 1.29 is 13.2 Å². The van der Waals surface area contributed by atoms with Crippen LogP contribution in [0.2, 0.25) is 0 Å². The number of nitrogens with zero attached hydrogens (tertiary/aromatic N) is 2. The Morgan fingerprint density at radius 3 is 2.72 bits per heavy atom. The van der Waals surface area contributed by atoms with E-state index in [1.807, 2.05) is 6.92 Å². The highest BCUT2D eigenvalue weighted by molar-refractivity contribution is 7.89. The van der Waals surface area contributed by atoms with Crippen LogP contribution in [0, 0.1) is 0 Å². The molecule has 1 rings (SSSR count). The van der Waals surface area contributed by atoms with E-state index in [-0.39, 0.29) is 16.8 Å². The van der Waals surface area contributed by atoms with Crippen LogP contribution in [0.25, 0.3) is 0 Å². The predicted octanol–water partition coefficient (Wildman–Crippen LogP) is 0.0957. The predicted molar refractivity (Wildman–Crippen MR) is 68.5 cm³/mol. The molecule has 18 heavy (non-hydrogen) atoms. The van der Waals surface area contributed by atoms with Crippen LogP contribution in [0.3, 0.4) is 0 Å². The molecule has 1 heterocycles. The van der Waals surface area contributed by atoms with Gasteiger partial charge < -0.3 is 10.5 Å². The smallest absolute Gasteiger partial charge is 0.246 e. The first-order valence-corrected chi connectivity index (χ1v) is 7.19. The largest absolute Gasteiger partial charge is 0.383 e. The van der Waals surface area contributed by atoms with Gasteiger partial charge in [-0.2, -0.15) is 5.10 Å². The van der Waals surface area contributed by atoms with Crippen molar-refractivity contribution in [2.24, 2.45) is 7.05 Å². The molecule has 104 valence electrons. The van der Waals surface area contributed by atoms with Gasteiger partial charge in [0, 0.05) is 26.4 Å². The van der Waals surface area contributed by atoms with E-state index in [0.717, 1.165) is 6.42 Å². The van der Waals surface area contributed by atoms with Gasteiger partial charge in [0.2, 0.25) is 10.0 Å². The number of nitrogens with one attached hydrogen (secondary N) is 1. The number of hydrogen-bond acceptors (Lipinski definition) is 5. The van der Waals surface area contributed by atoms with Gasteiger partial charge in [-0.25, -0.2) is 13.1 Å². The average Bonchev–Trinajstić information content (AvgIpc) is 2.59. The minimum absolute atomic E-state index is 0.00204. The minimum Gasteiger partial charge on any atom is -0.383 e. The van der Waals surface area contributed by atoms with Crippen LogP contribution in [0.5, 0.6) is 0 Å². The maximum atomic E-state index is 12.1. The molecule has 0 aliphatic rings. The van der Waals surface area contributed by atoms with Crippen LogP contribution in [0.1, 0.15) is 19.8 Å². The fourth-order valence-electron chi connectivity index (χ4n) is 1.70. The average molecular weight is 276 g/mol. The number of rotatable bonds is 7. The van der Waals surface area contributed by atoms with Crippen molar-refractivity contribution in [3.05, 3.63) is 6.20 Å². The van der Waals surface area contributed by atoms with Crippen molar-refractivity contribution in [3.63, 3.8) is 0 Å². The highest BCUT2D eigenvalue weighted by Crippen LogP contribution is 2.16. The molecule has 0 saturated carbocycles. The van der Waals surface area contributed by atoms with E-state index < -0.39 is 10.0 Å². The van der Waals surface area contributed by atoms with E-state index in [4.69, 9.17) is 10.5 Å². The first kappa shape index (κ1) is 14.9. The molecule has 0 aliphatic carbocycles. The van der Waals surface area contributed by atoms with E-state index in [2.05, 4.69) is 9.82 Å². The van der Waals surface area contributed by atoms with Crippen LogP contribution in [-0.4, -0.2) is 38.0 Å². The summed E-state index contributed by atoms with van der Waals surface area (Å²) in [4.78, 5) is 0.00204. The zero-order valence-corrected chi connectivity index (χ0v) is 11.7. The summed E-state index contributed by atoms with van der Waals surface area (Å²) in [5.41, 5.74) is 5.57. The summed E-state index contributed by atoms with van der Waals surface area (Å²) in [6.07, 6.45) is 2.94. The number of methoxy groups -OCH3 is 1. The number of ether oxygens (including phenoxy) is 1. The molecule has 0 saturated heterocycles. The fraction of sp³-hybridized carbons (Fsp3) is 0.700. The van der Waals surface area contributed by atoms with Gasteiger partial charge in [0.25, 0.3) is 0 Å². The first-order chi connectivity index (χ1) is 8.40. The topological polar surface area (TPSA) is 99.2 Å². The molecule has 7 nitrogen and oxygen atoms in total. The zero-order chi connectivity index (χ0) is 13.8. The molecule has 0 aliphatic heterocycles. The second kappa shape index (κ2) is 6.17. The Balaban J connectivity index is 2.89. The molecule has 0 bridgehead atoms. The van der Waals surface area contributed by atoms with Crippen LogP contribution < -0.4 is 10.5 Å². The SMILES string of the molecule is CCCC(COC)NS(=O)(=O)c1cn(C)nc1N. The van der Waals surface area contributed by atoms with Gasteiger partial charge in [0.1, 0.15) is 4.90 Å². The highest BCUT2D eigenvalue weighted by atomic mass is 32.2. The Labute approximate surface area is 107 Å². The number of sulfonamides is 1. The number of nitrogens with two attached hydrogens (primary N) is 1. The molecule has 8 heteroatoms. The molecule has 3 N–H and O–H groups in total. The van der Waals surface area contributed by atoms with Gasteiger partial charge >= 0.3 is 0 Å². The first-order valence-electron chi connectivity index (χ1n) is 5.71. The van der Waals surface area contributed by atoms with E-state index in [0.29, 0.717) is 13.0 Å². The molecular weight excluding hydrogens is 256 g/mol. The second-order valence-corrected chi connectivity index (χ2v) is 5.80. The molecule has 0 radical (unpaired) electrons. The van der Waals surface area contributed by atoms with Crippen molar-refractivity contribution in [3.8, 4) is 0 Å². The number of anilines is 1. The Bertz CT molecular complexity index is 477. The summed E-state index contributed by atoms with van der Waals surface area (Å²) in [5, 5.41) is 3.82. The third-order valence-corrected chi connectivity index (χ3v) is 3.98. The Morgan fingerprint density at radius 1 is 1.61 bits per heavy atom. The van der Waals surface area contributed by atoms with Crippen LogP contribution >= 0.6 is 0 Å². The lowest BCUT2D eigenvalue weighted by atomic mass is 10.2. The number of aromatic nitrogens is 2. The Hall–Kier alpha value is -1.12. The lowest BCUT2D eigenvalue weighted by Gasteiger charge is -2.16. The lowest BCUT2D eigenvalue weighted by molar-refractivity contribution is 0.171. The van der Waals surface area contributed by atoms with E-state index >= 15 is 0 Å². The molecule has 0 amide bonds. The van der Waals surface area contributed by atoms with E-state index in [9.17, 15) is 8.42 Å². The maximum Gasteiger partial charge on any atom is 0.246 e. The van der Waals surface area contributed by atoms with E-state index in [1.165, 1.54) is 18.0 Å². The van der Waals surface area contributed by atoms with Crippen LogP contribution in [-0.2, 0) is 21.8 Å². The molecule has 0 spiro atoms. The summed E-state index contributed by atoms with van der Waals surface area (Å²) >= 11 is 0.